The Balaban J connectivity index is 1.42. The molecule has 1 aromatic heterocycles. The molecule has 33 heavy (non-hydrogen) atoms. The average Bonchev–Trinajstić information content (AvgIpc) is 3.29. The molecule has 0 bridgehead atoms. The van der Waals surface area contributed by atoms with Gasteiger partial charge in [-0.25, -0.2) is 0 Å². The van der Waals surface area contributed by atoms with E-state index in [1.165, 1.54) is 12.1 Å². The first-order valence-corrected chi connectivity index (χ1v) is 10.8. The summed E-state index contributed by atoms with van der Waals surface area (Å²) in [6.07, 6.45) is 0. The summed E-state index contributed by atoms with van der Waals surface area (Å²) in [7, 11) is 0. The van der Waals surface area contributed by atoms with Crippen LogP contribution in [0, 0.1) is 17.0 Å². The summed E-state index contributed by atoms with van der Waals surface area (Å²) in [6.45, 7) is 1.58. The Kier molecular flexibility index (Phi) is 6.65. The average molecular weight is 462 g/mol. The van der Waals surface area contributed by atoms with Gasteiger partial charge in [0, 0.05) is 6.07 Å². The van der Waals surface area contributed by atoms with Crippen LogP contribution >= 0.6 is 11.8 Å². The van der Waals surface area contributed by atoms with Crippen molar-refractivity contribution in [3.8, 4) is 23.0 Å². The smallest absolute Gasteiger partial charge is 0.277 e. The highest BCUT2D eigenvalue weighted by atomic mass is 32.2. The highest BCUT2D eigenvalue weighted by Gasteiger charge is 2.17. The Hall–Kier alpha value is -4.18. The molecule has 1 N–H and O–H groups in total. The van der Waals surface area contributed by atoms with Crippen LogP contribution in [0.3, 0.4) is 0 Å². The molecule has 0 atom stereocenters. The number of thioether (sulfide) groups is 1. The molecule has 4 aromatic rings. The normalized spacial score (nSPS) is 10.6. The van der Waals surface area contributed by atoms with Crippen LogP contribution in [-0.4, -0.2) is 26.8 Å². The molecule has 166 valence electrons. The number of nitrogens with zero attached hydrogens (tertiary/aromatic N) is 3. The number of rotatable bonds is 8. The third-order valence-corrected chi connectivity index (χ3v) is 5.42. The van der Waals surface area contributed by atoms with Crippen molar-refractivity contribution in [1.82, 2.24) is 10.2 Å². The van der Waals surface area contributed by atoms with Crippen molar-refractivity contribution in [3.63, 3.8) is 0 Å². The molecule has 0 aliphatic heterocycles. The second-order valence-electron chi connectivity index (χ2n) is 6.83. The summed E-state index contributed by atoms with van der Waals surface area (Å²) < 4.78 is 11.6. The summed E-state index contributed by atoms with van der Waals surface area (Å²) in [5, 5.41) is 22.0. The summed E-state index contributed by atoms with van der Waals surface area (Å²) >= 11 is 1.06. The maximum atomic E-state index is 12.3. The molecule has 0 aliphatic carbocycles. The van der Waals surface area contributed by atoms with Crippen molar-refractivity contribution in [1.29, 1.82) is 0 Å². The number of amides is 1. The fraction of sp³-hybridized carbons (Fsp3) is 0.0870. The summed E-state index contributed by atoms with van der Waals surface area (Å²) in [5.41, 5.74) is 1.33. The molecule has 0 fully saturated rings. The quantitative estimate of drug-likeness (QED) is 0.208. The Bertz CT molecular complexity index is 1290. The van der Waals surface area contributed by atoms with E-state index in [9.17, 15) is 14.9 Å². The minimum Gasteiger partial charge on any atom is -0.457 e. The summed E-state index contributed by atoms with van der Waals surface area (Å²) in [5.74, 6) is 1.14. The van der Waals surface area contributed by atoms with Gasteiger partial charge in [0.05, 0.1) is 27.5 Å². The van der Waals surface area contributed by atoms with E-state index < -0.39 is 4.92 Å². The number of hydrogen-bond acceptors (Lipinski definition) is 8. The monoisotopic (exact) mass is 462 g/mol. The SMILES string of the molecule is Cc1c(NC(=O)CSc2nnc(-c3ccccc3Oc3ccccc3)o2)cccc1[N+](=O)[O-]. The van der Waals surface area contributed by atoms with Gasteiger partial charge in [0.15, 0.2) is 0 Å². The molecule has 9 nitrogen and oxygen atoms in total. The highest BCUT2D eigenvalue weighted by molar-refractivity contribution is 7.99. The first-order chi connectivity index (χ1) is 16.0. The number of hydrogen-bond donors (Lipinski definition) is 1. The predicted octanol–water partition coefficient (Wildman–Crippen LogP) is 5.48. The van der Waals surface area contributed by atoms with E-state index in [4.69, 9.17) is 9.15 Å². The van der Waals surface area contributed by atoms with Crippen molar-refractivity contribution >= 4 is 29.0 Å². The lowest BCUT2D eigenvalue weighted by molar-refractivity contribution is -0.385. The Labute approximate surface area is 193 Å². The first-order valence-electron chi connectivity index (χ1n) is 9.83. The Morgan fingerprint density at radius 1 is 1.06 bits per heavy atom. The number of anilines is 1. The maximum absolute atomic E-state index is 12.3. The van der Waals surface area contributed by atoms with Crippen LogP contribution in [0.25, 0.3) is 11.5 Å². The van der Waals surface area contributed by atoms with Gasteiger partial charge in [0.25, 0.3) is 16.8 Å². The third kappa shape index (κ3) is 5.36. The largest absolute Gasteiger partial charge is 0.457 e. The van der Waals surface area contributed by atoms with Gasteiger partial charge in [-0.15, -0.1) is 10.2 Å². The van der Waals surface area contributed by atoms with Crippen LogP contribution in [0.5, 0.6) is 11.5 Å². The molecule has 10 heteroatoms. The number of ether oxygens (including phenoxy) is 1. The van der Waals surface area contributed by atoms with E-state index in [-0.39, 0.29) is 28.5 Å². The molecule has 0 spiro atoms. The van der Waals surface area contributed by atoms with Crippen molar-refractivity contribution in [2.24, 2.45) is 0 Å². The van der Waals surface area contributed by atoms with E-state index in [0.717, 1.165) is 11.8 Å². The maximum Gasteiger partial charge on any atom is 0.277 e. The predicted molar refractivity (Wildman–Crippen MR) is 123 cm³/mol. The molecular formula is C23H18N4O5S. The molecule has 1 amide bonds. The van der Waals surface area contributed by atoms with Crippen molar-refractivity contribution in [2.45, 2.75) is 12.1 Å². The number of carbonyl (C=O) groups excluding carboxylic acids is 1. The molecule has 4 rings (SSSR count). The van der Waals surface area contributed by atoms with E-state index >= 15 is 0 Å². The topological polar surface area (TPSA) is 120 Å². The number of carbonyl (C=O) groups is 1. The second kappa shape index (κ2) is 9.96. The molecule has 0 unspecified atom stereocenters. The number of nitro groups is 1. The number of para-hydroxylation sites is 2. The lowest BCUT2D eigenvalue weighted by Crippen LogP contribution is -2.15. The van der Waals surface area contributed by atoms with Crippen LogP contribution in [0.4, 0.5) is 11.4 Å². The number of nitro benzene ring substituents is 1. The zero-order chi connectivity index (χ0) is 23.2. The summed E-state index contributed by atoms with van der Waals surface area (Å²) in [4.78, 5) is 22.9. The van der Waals surface area contributed by atoms with E-state index in [0.29, 0.717) is 28.3 Å². The third-order valence-electron chi connectivity index (χ3n) is 4.60. The minimum atomic E-state index is -0.487. The lowest BCUT2D eigenvalue weighted by atomic mass is 10.1. The first kappa shape index (κ1) is 22.0. The standard InChI is InChI=1S/C23H18N4O5S/c1-15-18(11-7-12-19(15)27(29)30)24-21(28)14-33-23-26-25-22(32-23)17-10-5-6-13-20(17)31-16-8-3-2-4-9-16/h2-13H,14H2,1H3,(H,24,28). The fourth-order valence-corrected chi connectivity index (χ4v) is 3.56. The molecule has 3 aromatic carbocycles. The molecular weight excluding hydrogens is 444 g/mol. The van der Waals surface area contributed by atoms with Gasteiger partial charge in [-0.05, 0) is 37.3 Å². The van der Waals surface area contributed by atoms with E-state index in [1.54, 1.807) is 25.1 Å². The molecule has 0 saturated heterocycles. The van der Waals surface area contributed by atoms with Crippen molar-refractivity contribution in [2.75, 3.05) is 11.1 Å². The lowest BCUT2D eigenvalue weighted by Gasteiger charge is -2.08. The van der Waals surface area contributed by atoms with Crippen LogP contribution in [0.2, 0.25) is 0 Å². The molecule has 0 aliphatic rings. The zero-order valence-electron chi connectivity index (χ0n) is 17.4. The van der Waals surface area contributed by atoms with Crippen molar-refractivity contribution in [3.05, 3.63) is 88.5 Å². The zero-order valence-corrected chi connectivity index (χ0v) is 18.2. The van der Waals surface area contributed by atoms with Crippen LogP contribution in [0.15, 0.2) is 82.4 Å². The number of benzene rings is 3. The van der Waals surface area contributed by atoms with Crippen molar-refractivity contribution < 1.29 is 18.9 Å². The van der Waals surface area contributed by atoms with Gasteiger partial charge in [0.1, 0.15) is 11.5 Å². The van der Waals surface area contributed by atoms with Crippen LogP contribution in [0.1, 0.15) is 5.56 Å². The minimum absolute atomic E-state index is 0.00801. The van der Waals surface area contributed by atoms with Gasteiger partial charge >= 0.3 is 0 Å². The van der Waals surface area contributed by atoms with E-state index in [1.807, 2.05) is 42.5 Å². The highest BCUT2D eigenvalue weighted by Crippen LogP contribution is 2.33. The molecule has 0 radical (unpaired) electrons. The Morgan fingerprint density at radius 3 is 2.61 bits per heavy atom. The van der Waals surface area contributed by atoms with Gasteiger partial charge in [-0.3, -0.25) is 14.9 Å². The van der Waals surface area contributed by atoms with Gasteiger partial charge < -0.3 is 14.5 Å². The second-order valence-corrected chi connectivity index (χ2v) is 7.75. The van der Waals surface area contributed by atoms with Crippen LogP contribution in [-0.2, 0) is 4.79 Å². The van der Waals surface area contributed by atoms with Gasteiger partial charge in [-0.1, -0.05) is 48.2 Å². The van der Waals surface area contributed by atoms with Gasteiger partial charge in [-0.2, -0.15) is 0 Å². The fourth-order valence-electron chi connectivity index (χ4n) is 3.00. The molecule has 0 saturated carbocycles. The number of nitrogens with one attached hydrogen (secondary N) is 1. The van der Waals surface area contributed by atoms with E-state index in [2.05, 4.69) is 15.5 Å². The van der Waals surface area contributed by atoms with Crippen LogP contribution < -0.4 is 10.1 Å². The Morgan fingerprint density at radius 2 is 1.82 bits per heavy atom. The molecule has 1 heterocycles. The summed E-state index contributed by atoms with van der Waals surface area (Å²) in [6, 6.07) is 21.1. The van der Waals surface area contributed by atoms with Gasteiger partial charge in [0.2, 0.25) is 5.91 Å². The number of aromatic nitrogens is 2.